The molecule has 37 heavy (non-hydrogen) atoms. The van der Waals surface area contributed by atoms with Crippen LogP contribution in [-0.2, 0) is 25.3 Å². The van der Waals surface area contributed by atoms with Crippen LogP contribution in [0.3, 0.4) is 0 Å². The van der Waals surface area contributed by atoms with Gasteiger partial charge in [-0.25, -0.2) is 4.79 Å². The minimum absolute atomic E-state index is 0.0132. The summed E-state index contributed by atoms with van der Waals surface area (Å²) >= 11 is 0. The van der Waals surface area contributed by atoms with Crippen LogP contribution in [0.4, 0.5) is 0 Å². The van der Waals surface area contributed by atoms with Crippen molar-refractivity contribution in [2.45, 2.75) is 57.1 Å². The van der Waals surface area contributed by atoms with E-state index in [0.717, 1.165) is 16.7 Å². The first-order valence-corrected chi connectivity index (χ1v) is 13.2. The first-order valence-electron chi connectivity index (χ1n) is 13.2. The highest BCUT2D eigenvalue weighted by molar-refractivity contribution is 5.93. The zero-order chi connectivity index (χ0) is 26.5. The van der Waals surface area contributed by atoms with Gasteiger partial charge < -0.3 is 9.84 Å². The van der Waals surface area contributed by atoms with E-state index in [0.29, 0.717) is 32.4 Å². The van der Waals surface area contributed by atoms with Gasteiger partial charge in [-0.3, -0.25) is 9.69 Å². The molecule has 3 aromatic carbocycles. The Hall–Kier alpha value is -3.28. The van der Waals surface area contributed by atoms with Crippen molar-refractivity contribution >= 4 is 11.9 Å². The maximum atomic E-state index is 13.1. The number of carbonyl (C=O) groups is 2. The number of hydrogen-bond acceptors (Lipinski definition) is 5. The summed E-state index contributed by atoms with van der Waals surface area (Å²) in [6, 6.07) is 28.5. The minimum atomic E-state index is -1.12. The molecule has 1 aliphatic rings. The van der Waals surface area contributed by atoms with Crippen LogP contribution in [0.15, 0.2) is 91.0 Å². The lowest BCUT2D eigenvalue weighted by molar-refractivity contribution is -0.167. The van der Waals surface area contributed by atoms with Crippen LogP contribution >= 0.6 is 0 Å². The smallest absolute Gasteiger partial charge is 0.331 e. The molecule has 1 fully saturated rings. The number of esters is 2. The Morgan fingerprint density at radius 1 is 0.838 bits per heavy atom. The SMILES string of the molecule is CCC(C(=O)OC(=O)C(C)(C)c1ccccc1)N1CCC(C(O)(c2ccccc2)c2ccccc2)CC1. The van der Waals surface area contributed by atoms with Crippen LogP contribution in [-0.4, -0.2) is 41.1 Å². The van der Waals surface area contributed by atoms with E-state index in [1.165, 1.54) is 0 Å². The molecule has 0 saturated carbocycles. The second-order valence-electron chi connectivity index (χ2n) is 10.4. The largest absolute Gasteiger partial charge is 0.391 e. The van der Waals surface area contributed by atoms with Crippen LogP contribution in [0, 0.1) is 5.92 Å². The van der Waals surface area contributed by atoms with Gasteiger partial charge in [0.1, 0.15) is 11.6 Å². The molecule has 3 aromatic rings. The van der Waals surface area contributed by atoms with E-state index in [4.69, 9.17) is 4.74 Å². The average molecular weight is 500 g/mol. The molecule has 1 saturated heterocycles. The van der Waals surface area contributed by atoms with Crippen molar-refractivity contribution in [2.75, 3.05) is 13.1 Å². The predicted molar refractivity (Wildman–Crippen MR) is 145 cm³/mol. The lowest BCUT2D eigenvalue weighted by Gasteiger charge is -2.43. The van der Waals surface area contributed by atoms with Crippen molar-refractivity contribution in [3.05, 3.63) is 108 Å². The Bertz CT molecular complexity index is 1130. The molecule has 1 unspecified atom stereocenters. The van der Waals surface area contributed by atoms with E-state index in [2.05, 4.69) is 4.90 Å². The maximum Gasteiger partial charge on any atom is 0.331 e. The van der Waals surface area contributed by atoms with Crippen LogP contribution in [0.5, 0.6) is 0 Å². The molecule has 194 valence electrons. The van der Waals surface area contributed by atoms with Gasteiger partial charge >= 0.3 is 11.9 Å². The molecule has 0 aliphatic carbocycles. The van der Waals surface area contributed by atoms with E-state index >= 15 is 0 Å². The molecule has 0 spiro atoms. The zero-order valence-electron chi connectivity index (χ0n) is 22.0. The predicted octanol–water partition coefficient (Wildman–Crippen LogP) is 5.46. The lowest BCUT2D eigenvalue weighted by Crippen LogP contribution is -2.50. The Morgan fingerprint density at radius 3 is 1.70 bits per heavy atom. The molecule has 0 aromatic heterocycles. The number of carbonyl (C=O) groups excluding carboxylic acids is 2. The third-order valence-electron chi connectivity index (χ3n) is 7.85. The van der Waals surface area contributed by atoms with Crippen LogP contribution in [0.1, 0.15) is 56.7 Å². The molecule has 0 bridgehead atoms. The third kappa shape index (κ3) is 5.53. The Morgan fingerprint density at radius 2 is 1.27 bits per heavy atom. The molecular formula is C32H37NO4. The molecule has 0 radical (unpaired) electrons. The highest BCUT2D eigenvalue weighted by Crippen LogP contribution is 2.42. The molecule has 1 heterocycles. The molecule has 5 nitrogen and oxygen atoms in total. The number of piperidine rings is 1. The second-order valence-corrected chi connectivity index (χ2v) is 10.4. The summed E-state index contributed by atoms with van der Waals surface area (Å²) < 4.78 is 5.44. The summed E-state index contributed by atoms with van der Waals surface area (Å²) in [5.41, 5.74) is 0.513. The quantitative estimate of drug-likeness (QED) is 0.329. The highest BCUT2D eigenvalue weighted by Gasteiger charge is 2.43. The summed E-state index contributed by atoms with van der Waals surface area (Å²) in [6.45, 7) is 6.76. The normalized spacial score (nSPS) is 16.2. The summed E-state index contributed by atoms with van der Waals surface area (Å²) in [4.78, 5) is 28.2. The highest BCUT2D eigenvalue weighted by atomic mass is 16.6. The summed E-state index contributed by atoms with van der Waals surface area (Å²) in [7, 11) is 0. The average Bonchev–Trinajstić information content (AvgIpc) is 2.94. The number of benzene rings is 3. The van der Waals surface area contributed by atoms with Gasteiger partial charge in [-0.2, -0.15) is 0 Å². The van der Waals surface area contributed by atoms with Crippen LogP contribution in [0.2, 0.25) is 0 Å². The Balaban J connectivity index is 1.46. The molecule has 1 atom stereocenters. The summed E-state index contributed by atoms with van der Waals surface area (Å²) in [6.07, 6.45) is 1.98. The van der Waals surface area contributed by atoms with E-state index in [9.17, 15) is 14.7 Å². The summed E-state index contributed by atoms with van der Waals surface area (Å²) in [5, 5.41) is 12.1. The van der Waals surface area contributed by atoms with Crippen molar-refractivity contribution in [3.63, 3.8) is 0 Å². The third-order valence-corrected chi connectivity index (χ3v) is 7.85. The Labute approximate surface area is 220 Å². The van der Waals surface area contributed by atoms with E-state index in [-0.39, 0.29) is 5.92 Å². The van der Waals surface area contributed by atoms with Gasteiger partial charge in [-0.15, -0.1) is 0 Å². The second kappa shape index (κ2) is 11.4. The van der Waals surface area contributed by atoms with Gasteiger partial charge in [0, 0.05) is 0 Å². The molecular weight excluding hydrogens is 462 g/mol. The van der Waals surface area contributed by atoms with Gasteiger partial charge in [-0.1, -0.05) is 97.9 Å². The number of ether oxygens (including phenoxy) is 1. The van der Waals surface area contributed by atoms with Crippen molar-refractivity contribution in [1.29, 1.82) is 0 Å². The van der Waals surface area contributed by atoms with E-state index in [1.807, 2.05) is 97.9 Å². The lowest BCUT2D eigenvalue weighted by atomic mass is 9.72. The van der Waals surface area contributed by atoms with E-state index < -0.39 is 29.0 Å². The molecule has 5 heteroatoms. The van der Waals surface area contributed by atoms with Gasteiger partial charge in [0.25, 0.3) is 0 Å². The van der Waals surface area contributed by atoms with Crippen LogP contribution in [0.25, 0.3) is 0 Å². The minimum Gasteiger partial charge on any atom is -0.391 e. The van der Waals surface area contributed by atoms with Gasteiger partial charge in [0.2, 0.25) is 0 Å². The number of nitrogens with zero attached hydrogens (tertiary/aromatic N) is 1. The van der Waals surface area contributed by atoms with E-state index in [1.54, 1.807) is 13.8 Å². The fourth-order valence-corrected chi connectivity index (χ4v) is 5.49. The fraction of sp³-hybridized carbons (Fsp3) is 0.375. The molecule has 4 rings (SSSR count). The standard InChI is InChI=1S/C32H37NO4/c1-4-28(29(34)37-30(35)31(2,3)24-14-8-5-9-15-24)33-22-20-27(21-23-33)32(36,25-16-10-6-11-17-25)26-18-12-7-13-19-26/h5-19,27-28,36H,4,20-23H2,1-3H3. The zero-order valence-corrected chi connectivity index (χ0v) is 22.0. The topological polar surface area (TPSA) is 66.8 Å². The first-order chi connectivity index (χ1) is 17.8. The van der Waals surface area contributed by atoms with Crippen molar-refractivity contribution < 1.29 is 19.4 Å². The number of aliphatic hydroxyl groups is 1. The van der Waals surface area contributed by atoms with Gasteiger partial charge in [0.05, 0.1) is 5.41 Å². The van der Waals surface area contributed by atoms with Crippen LogP contribution < -0.4 is 0 Å². The number of likely N-dealkylation sites (tertiary alicyclic amines) is 1. The van der Waals surface area contributed by atoms with Crippen molar-refractivity contribution in [2.24, 2.45) is 5.92 Å². The monoisotopic (exact) mass is 499 g/mol. The fourth-order valence-electron chi connectivity index (χ4n) is 5.49. The Kier molecular flexibility index (Phi) is 8.25. The van der Waals surface area contributed by atoms with Crippen molar-refractivity contribution in [3.8, 4) is 0 Å². The molecule has 1 N–H and O–H groups in total. The summed E-state index contributed by atoms with van der Waals surface area (Å²) in [5.74, 6) is -1.06. The first kappa shape index (κ1) is 26.8. The molecule has 1 aliphatic heterocycles. The van der Waals surface area contributed by atoms with Crippen molar-refractivity contribution in [1.82, 2.24) is 4.90 Å². The number of rotatable bonds is 8. The maximum absolute atomic E-state index is 13.1. The molecule has 0 amide bonds. The number of hydrogen-bond donors (Lipinski definition) is 1. The van der Waals surface area contributed by atoms with Gasteiger partial charge in [0.15, 0.2) is 0 Å². The van der Waals surface area contributed by atoms with Gasteiger partial charge in [-0.05, 0) is 68.8 Å².